The Kier molecular flexibility index (Phi) is 7.65. The largest absolute Gasteiger partial charge is 0.449 e. The van der Waals surface area contributed by atoms with E-state index >= 15 is 0 Å². The molecule has 2 heterocycles. The van der Waals surface area contributed by atoms with Crippen LogP contribution in [0.1, 0.15) is 34.1 Å². The summed E-state index contributed by atoms with van der Waals surface area (Å²) in [5, 5.41) is 2.58. The molecule has 0 saturated heterocycles. The molecule has 11 heteroatoms. The minimum Gasteiger partial charge on any atom is -0.449 e. The van der Waals surface area contributed by atoms with Gasteiger partial charge in [-0.2, -0.15) is 4.31 Å². The van der Waals surface area contributed by atoms with Crippen LogP contribution >= 0.6 is 0 Å². The number of carbonyl (C=O) groups excluding carboxylic acids is 2. The summed E-state index contributed by atoms with van der Waals surface area (Å²) in [4.78, 5) is 38.7. The Labute approximate surface area is 237 Å². The van der Waals surface area contributed by atoms with Crippen LogP contribution in [0, 0.1) is 6.92 Å². The molecule has 0 bridgehead atoms. The van der Waals surface area contributed by atoms with Gasteiger partial charge in [-0.3, -0.25) is 14.3 Å². The topological polar surface area (TPSA) is 120 Å². The van der Waals surface area contributed by atoms with Gasteiger partial charge >= 0.3 is 5.97 Å². The number of nitrogens with zero attached hydrogens (tertiary/aromatic N) is 3. The number of hydrogen-bond donors (Lipinski definition) is 1. The van der Waals surface area contributed by atoms with Crippen LogP contribution in [-0.2, 0) is 39.6 Å². The second kappa shape index (κ2) is 11.2. The molecule has 10 nitrogen and oxygen atoms in total. The Hall–Kier alpha value is -4.48. The van der Waals surface area contributed by atoms with E-state index in [4.69, 9.17) is 4.74 Å². The lowest BCUT2D eigenvalue weighted by atomic mass is 10.0. The highest BCUT2D eigenvalue weighted by atomic mass is 32.2. The predicted octanol–water partition coefficient (Wildman–Crippen LogP) is 3.42. The van der Waals surface area contributed by atoms with Crippen molar-refractivity contribution >= 4 is 27.6 Å². The van der Waals surface area contributed by atoms with Crippen molar-refractivity contribution in [3.63, 3.8) is 0 Å². The number of fused-ring (bicyclic) bond motifs is 1. The van der Waals surface area contributed by atoms with Crippen molar-refractivity contribution in [1.82, 2.24) is 13.7 Å². The minimum absolute atomic E-state index is 0.0634. The van der Waals surface area contributed by atoms with Gasteiger partial charge in [0.15, 0.2) is 6.10 Å². The molecule has 4 aromatic rings. The summed E-state index contributed by atoms with van der Waals surface area (Å²) in [7, 11) is -2.06. The number of carbonyl (C=O) groups is 2. The van der Waals surface area contributed by atoms with E-state index in [0.29, 0.717) is 24.3 Å². The number of para-hydroxylation sites is 1. The van der Waals surface area contributed by atoms with Gasteiger partial charge in [0.2, 0.25) is 10.0 Å². The van der Waals surface area contributed by atoms with E-state index in [1.165, 1.54) is 40.2 Å². The lowest BCUT2D eigenvalue weighted by Gasteiger charge is -2.28. The first-order valence-electron chi connectivity index (χ1n) is 13.1. The fraction of sp³-hybridized carbons (Fsp3) is 0.233. The standard InChI is InChI=1S/C30H30N4O6S/c1-20-27(29(36)34(32(20)3)25-11-5-4-6-12-25)31-28(35)21(2)40-30(37)23-13-15-26(16-14-23)41(38,39)33-18-17-22-9-7-8-10-24(22)19-33/h4-16,21H,17-19H2,1-3H3,(H,31,35). The van der Waals surface area contributed by atoms with Gasteiger partial charge in [0.25, 0.3) is 11.5 Å². The van der Waals surface area contributed by atoms with Gasteiger partial charge in [0.05, 0.1) is 21.8 Å². The highest BCUT2D eigenvalue weighted by Gasteiger charge is 2.29. The van der Waals surface area contributed by atoms with E-state index < -0.39 is 33.6 Å². The average Bonchev–Trinajstić information content (AvgIpc) is 3.19. The Morgan fingerprint density at radius 3 is 2.24 bits per heavy atom. The number of anilines is 1. The molecule has 1 atom stereocenters. The number of hydrogen-bond acceptors (Lipinski definition) is 6. The number of ether oxygens (including phenoxy) is 1. The van der Waals surface area contributed by atoms with Gasteiger partial charge in [-0.05, 0) is 67.8 Å². The minimum atomic E-state index is -3.76. The molecular weight excluding hydrogens is 544 g/mol. The maximum Gasteiger partial charge on any atom is 0.338 e. The monoisotopic (exact) mass is 574 g/mol. The molecule has 1 amide bonds. The lowest BCUT2D eigenvalue weighted by molar-refractivity contribution is -0.123. The normalized spacial score (nSPS) is 14.2. The Bertz CT molecular complexity index is 1780. The van der Waals surface area contributed by atoms with Crippen LogP contribution < -0.4 is 10.9 Å². The van der Waals surface area contributed by atoms with E-state index in [1.54, 1.807) is 42.9 Å². The molecule has 0 spiro atoms. The van der Waals surface area contributed by atoms with Crippen molar-refractivity contribution in [1.29, 1.82) is 0 Å². The van der Waals surface area contributed by atoms with Gasteiger partial charge in [-0.25, -0.2) is 17.9 Å². The quantitative estimate of drug-likeness (QED) is 0.338. The predicted molar refractivity (Wildman–Crippen MR) is 153 cm³/mol. The zero-order valence-electron chi connectivity index (χ0n) is 22.9. The third kappa shape index (κ3) is 5.46. The van der Waals surface area contributed by atoms with Gasteiger partial charge in [-0.15, -0.1) is 0 Å². The number of sulfonamides is 1. The van der Waals surface area contributed by atoms with Gasteiger partial charge in [0.1, 0.15) is 5.69 Å². The van der Waals surface area contributed by atoms with Crippen LogP contribution in [-0.4, -0.2) is 46.6 Å². The van der Waals surface area contributed by atoms with E-state index in [2.05, 4.69) is 5.32 Å². The second-order valence-electron chi connectivity index (χ2n) is 9.85. The van der Waals surface area contributed by atoms with Crippen molar-refractivity contribution in [2.75, 3.05) is 11.9 Å². The number of esters is 1. The molecule has 1 aromatic heterocycles. The summed E-state index contributed by atoms with van der Waals surface area (Å²) in [6.07, 6.45) is -0.592. The molecule has 3 aromatic carbocycles. The van der Waals surface area contributed by atoms with Crippen molar-refractivity contribution < 1.29 is 22.7 Å². The molecule has 0 aliphatic carbocycles. The lowest BCUT2D eigenvalue weighted by Crippen LogP contribution is -2.36. The molecule has 41 heavy (non-hydrogen) atoms. The first kappa shape index (κ1) is 28.1. The molecule has 0 fully saturated rings. The summed E-state index contributed by atoms with van der Waals surface area (Å²) < 4.78 is 36.2. The van der Waals surface area contributed by atoms with Crippen molar-refractivity contribution in [2.45, 2.75) is 37.8 Å². The number of nitrogens with one attached hydrogen (secondary N) is 1. The Morgan fingerprint density at radius 2 is 1.56 bits per heavy atom. The first-order valence-corrected chi connectivity index (χ1v) is 14.5. The maximum atomic E-state index is 13.2. The fourth-order valence-electron chi connectivity index (χ4n) is 4.81. The number of rotatable bonds is 7. The molecule has 1 N–H and O–H groups in total. The van der Waals surface area contributed by atoms with Crippen molar-refractivity contribution in [3.8, 4) is 5.69 Å². The fourth-order valence-corrected chi connectivity index (χ4v) is 6.23. The van der Waals surface area contributed by atoms with E-state index in [1.807, 2.05) is 30.3 Å². The van der Waals surface area contributed by atoms with Crippen LogP contribution in [0.2, 0.25) is 0 Å². The van der Waals surface area contributed by atoms with Crippen LogP contribution in [0.5, 0.6) is 0 Å². The SMILES string of the molecule is Cc1c(NC(=O)C(C)OC(=O)c2ccc(S(=O)(=O)N3CCc4ccccc4C3)cc2)c(=O)n(-c2ccccc2)n1C. The van der Waals surface area contributed by atoms with E-state index in [9.17, 15) is 22.8 Å². The maximum absolute atomic E-state index is 13.2. The summed E-state index contributed by atoms with van der Waals surface area (Å²) in [6.45, 7) is 3.75. The third-order valence-corrected chi connectivity index (χ3v) is 9.14. The molecule has 5 rings (SSSR count). The average molecular weight is 575 g/mol. The molecule has 0 radical (unpaired) electrons. The molecule has 1 aliphatic rings. The summed E-state index contributed by atoms with van der Waals surface area (Å²) in [5.41, 5.74) is 3.03. The summed E-state index contributed by atoms with van der Waals surface area (Å²) >= 11 is 0. The highest BCUT2D eigenvalue weighted by Crippen LogP contribution is 2.25. The molecule has 1 aliphatic heterocycles. The van der Waals surface area contributed by atoms with Gasteiger partial charge < -0.3 is 10.1 Å². The third-order valence-electron chi connectivity index (χ3n) is 7.28. The van der Waals surface area contributed by atoms with Crippen LogP contribution in [0.3, 0.4) is 0 Å². The zero-order chi connectivity index (χ0) is 29.3. The Balaban J connectivity index is 1.25. The molecule has 1 unspecified atom stereocenters. The smallest absolute Gasteiger partial charge is 0.338 e. The number of benzene rings is 3. The van der Waals surface area contributed by atoms with E-state index in [0.717, 1.165) is 11.1 Å². The van der Waals surface area contributed by atoms with Crippen molar-refractivity contribution in [3.05, 3.63) is 112 Å². The molecule has 212 valence electrons. The van der Waals surface area contributed by atoms with Gasteiger partial charge in [-0.1, -0.05) is 42.5 Å². The Morgan fingerprint density at radius 1 is 0.927 bits per heavy atom. The number of aromatic nitrogens is 2. The van der Waals surface area contributed by atoms with Gasteiger partial charge in [0, 0.05) is 20.1 Å². The van der Waals surface area contributed by atoms with Crippen molar-refractivity contribution in [2.24, 2.45) is 7.05 Å². The molecule has 0 saturated carbocycles. The zero-order valence-corrected chi connectivity index (χ0v) is 23.7. The molecular formula is C30H30N4O6S. The second-order valence-corrected chi connectivity index (χ2v) is 11.8. The number of amides is 1. The van der Waals surface area contributed by atoms with E-state index in [-0.39, 0.29) is 22.7 Å². The van der Waals surface area contributed by atoms with Crippen LogP contribution in [0.25, 0.3) is 5.69 Å². The highest BCUT2D eigenvalue weighted by molar-refractivity contribution is 7.89. The van der Waals surface area contributed by atoms with Crippen LogP contribution in [0.4, 0.5) is 5.69 Å². The van der Waals surface area contributed by atoms with Crippen LogP contribution in [0.15, 0.2) is 88.6 Å². The first-order chi connectivity index (χ1) is 19.6. The summed E-state index contributed by atoms with van der Waals surface area (Å²) in [5.74, 6) is -1.47. The summed E-state index contributed by atoms with van der Waals surface area (Å²) in [6, 6.07) is 22.2.